The van der Waals surface area contributed by atoms with E-state index in [9.17, 15) is 4.79 Å². The van der Waals surface area contributed by atoms with E-state index in [0.717, 1.165) is 16.4 Å². The first-order valence-electron chi connectivity index (χ1n) is 6.50. The smallest absolute Gasteiger partial charge is 0.270 e. The van der Waals surface area contributed by atoms with E-state index in [1.807, 2.05) is 24.2 Å². The standard InChI is InChI=1S/C13H18IN3O.ClH/c1-17(13(18)12-4-8(14)7-15-12)11-5-9-2-3-10(6-11)16-9;/h4,7,9-11,15-16H,2-3,5-6H2,1H3;1H. The summed E-state index contributed by atoms with van der Waals surface area (Å²) >= 11 is 2.22. The Morgan fingerprint density at radius 2 is 2.00 bits per heavy atom. The maximum absolute atomic E-state index is 12.4. The zero-order valence-corrected chi connectivity index (χ0v) is 13.8. The minimum absolute atomic E-state index is 0. The average molecular weight is 396 g/mol. The highest BCUT2D eigenvalue weighted by atomic mass is 127. The van der Waals surface area contributed by atoms with Crippen molar-refractivity contribution < 1.29 is 4.79 Å². The summed E-state index contributed by atoms with van der Waals surface area (Å²) in [6, 6.07) is 3.53. The number of aromatic amines is 1. The quantitative estimate of drug-likeness (QED) is 0.756. The molecular formula is C13H19ClIN3O. The van der Waals surface area contributed by atoms with Gasteiger partial charge in [0.15, 0.2) is 0 Å². The van der Waals surface area contributed by atoms with Gasteiger partial charge in [0.2, 0.25) is 0 Å². The van der Waals surface area contributed by atoms with E-state index in [0.29, 0.717) is 23.8 Å². The van der Waals surface area contributed by atoms with Crippen LogP contribution in [0.1, 0.15) is 36.2 Å². The Morgan fingerprint density at radius 1 is 1.37 bits per heavy atom. The Hall–Kier alpha value is -0.270. The lowest BCUT2D eigenvalue weighted by molar-refractivity contribution is 0.0676. The van der Waals surface area contributed by atoms with Crippen molar-refractivity contribution in [1.82, 2.24) is 15.2 Å². The third-order valence-corrected chi connectivity index (χ3v) is 4.82. The van der Waals surface area contributed by atoms with Gasteiger partial charge in [-0.25, -0.2) is 0 Å². The van der Waals surface area contributed by atoms with E-state index < -0.39 is 0 Å². The molecule has 2 aliphatic heterocycles. The molecule has 3 rings (SSSR count). The number of amides is 1. The molecule has 0 aromatic carbocycles. The van der Waals surface area contributed by atoms with Gasteiger partial charge in [0.25, 0.3) is 5.91 Å². The highest BCUT2D eigenvalue weighted by molar-refractivity contribution is 14.1. The first-order chi connectivity index (χ1) is 8.63. The molecule has 2 aliphatic rings. The molecule has 2 unspecified atom stereocenters. The van der Waals surface area contributed by atoms with Crippen LogP contribution in [0.5, 0.6) is 0 Å². The van der Waals surface area contributed by atoms with Crippen molar-refractivity contribution in [3.05, 3.63) is 21.5 Å². The summed E-state index contributed by atoms with van der Waals surface area (Å²) < 4.78 is 1.08. The van der Waals surface area contributed by atoms with Gasteiger partial charge in [-0.05, 0) is 54.3 Å². The first kappa shape index (κ1) is 15.1. The van der Waals surface area contributed by atoms with Gasteiger partial charge in [0, 0.05) is 34.9 Å². The van der Waals surface area contributed by atoms with E-state index >= 15 is 0 Å². The molecule has 1 amide bonds. The van der Waals surface area contributed by atoms with Gasteiger partial charge in [-0.1, -0.05) is 0 Å². The Bertz CT molecular complexity index is 452. The minimum Gasteiger partial charge on any atom is -0.356 e. The molecule has 1 aromatic rings. The van der Waals surface area contributed by atoms with Crippen LogP contribution in [-0.2, 0) is 0 Å². The zero-order chi connectivity index (χ0) is 12.7. The molecule has 6 heteroatoms. The van der Waals surface area contributed by atoms with E-state index in [2.05, 4.69) is 32.9 Å². The first-order valence-corrected chi connectivity index (χ1v) is 7.58. The topological polar surface area (TPSA) is 48.1 Å². The number of rotatable bonds is 2. The molecule has 0 radical (unpaired) electrons. The predicted octanol–water partition coefficient (Wildman–Crippen LogP) is 2.40. The number of hydrogen-bond acceptors (Lipinski definition) is 2. The van der Waals surface area contributed by atoms with Crippen LogP contribution in [0.3, 0.4) is 0 Å². The van der Waals surface area contributed by atoms with Gasteiger partial charge in [-0.15, -0.1) is 12.4 Å². The number of hydrogen-bond donors (Lipinski definition) is 2. The highest BCUT2D eigenvalue weighted by Crippen LogP contribution is 2.29. The Labute approximate surface area is 133 Å². The molecule has 2 bridgehead atoms. The Balaban J connectivity index is 0.00000133. The predicted molar refractivity (Wildman–Crippen MR) is 85.8 cm³/mol. The third-order valence-electron chi connectivity index (χ3n) is 4.19. The van der Waals surface area contributed by atoms with Gasteiger partial charge in [0.1, 0.15) is 5.69 Å². The summed E-state index contributed by atoms with van der Waals surface area (Å²) in [5.74, 6) is 0.115. The van der Waals surface area contributed by atoms with Gasteiger partial charge in [-0.3, -0.25) is 4.79 Å². The monoisotopic (exact) mass is 395 g/mol. The molecule has 0 spiro atoms. The number of fused-ring (bicyclic) bond motifs is 2. The number of halogens is 2. The molecule has 2 saturated heterocycles. The molecule has 2 atom stereocenters. The van der Waals surface area contributed by atoms with Gasteiger partial charge >= 0.3 is 0 Å². The molecule has 2 fully saturated rings. The maximum Gasteiger partial charge on any atom is 0.270 e. The molecule has 3 heterocycles. The van der Waals surface area contributed by atoms with Crippen LogP contribution < -0.4 is 5.32 Å². The number of carbonyl (C=O) groups is 1. The average Bonchev–Trinajstić information content (AvgIpc) is 2.94. The Kier molecular flexibility index (Phi) is 4.79. The van der Waals surface area contributed by atoms with Crippen molar-refractivity contribution in [2.75, 3.05) is 7.05 Å². The summed E-state index contributed by atoms with van der Waals surface area (Å²) in [6.45, 7) is 0. The van der Waals surface area contributed by atoms with E-state index in [-0.39, 0.29) is 18.3 Å². The second-order valence-electron chi connectivity index (χ2n) is 5.41. The second-order valence-corrected chi connectivity index (χ2v) is 6.66. The fourth-order valence-corrected chi connectivity index (χ4v) is 3.66. The summed E-state index contributed by atoms with van der Waals surface area (Å²) in [7, 11) is 1.94. The van der Waals surface area contributed by atoms with Gasteiger partial charge < -0.3 is 15.2 Å². The van der Waals surface area contributed by atoms with Crippen molar-refractivity contribution in [2.45, 2.75) is 43.8 Å². The Morgan fingerprint density at radius 3 is 2.53 bits per heavy atom. The summed E-state index contributed by atoms with van der Waals surface area (Å²) in [5, 5.41) is 3.61. The van der Waals surface area contributed by atoms with Crippen LogP contribution in [0, 0.1) is 3.57 Å². The molecule has 0 saturated carbocycles. The van der Waals surface area contributed by atoms with E-state index in [4.69, 9.17) is 0 Å². The van der Waals surface area contributed by atoms with Crippen LogP contribution >= 0.6 is 35.0 Å². The van der Waals surface area contributed by atoms with Crippen molar-refractivity contribution in [1.29, 1.82) is 0 Å². The molecule has 2 N–H and O–H groups in total. The van der Waals surface area contributed by atoms with Gasteiger partial charge in [-0.2, -0.15) is 0 Å². The minimum atomic E-state index is 0. The number of piperidine rings is 1. The highest BCUT2D eigenvalue weighted by Gasteiger charge is 2.36. The van der Waals surface area contributed by atoms with Crippen LogP contribution in [0.25, 0.3) is 0 Å². The van der Waals surface area contributed by atoms with Crippen LogP contribution in [0.15, 0.2) is 12.3 Å². The van der Waals surface area contributed by atoms with Crippen LogP contribution in [0.2, 0.25) is 0 Å². The molecule has 1 aromatic heterocycles. The summed E-state index contributed by atoms with van der Waals surface area (Å²) in [6.07, 6.45) is 6.59. The molecule has 106 valence electrons. The van der Waals surface area contributed by atoms with Crippen molar-refractivity contribution in [2.24, 2.45) is 0 Å². The zero-order valence-electron chi connectivity index (χ0n) is 10.9. The van der Waals surface area contributed by atoms with Crippen LogP contribution in [0.4, 0.5) is 0 Å². The van der Waals surface area contributed by atoms with Crippen molar-refractivity contribution in [3.63, 3.8) is 0 Å². The lowest BCUT2D eigenvalue weighted by Gasteiger charge is -2.35. The fourth-order valence-electron chi connectivity index (χ4n) is 3.19. The number of nitrogens with one attached hydrogen (secondary N) is 2. The van der Waals surface area contributed by atoms with E-state index in [1.165, 1.54) is 12.8 Å². The largest absolute Gasteiger partial charge is 0.356 e. The maximum atomic E-state index is 12.4. The van der Waals surface area contributed by atoms with Crippen LogP contribution in [-0.4, -0.2) is 41.0 Å². The van der Waals surface area contributed by atoms with E-state index in [1.54, 1.807) is 0 Å². The molecule has 19 heavy (non-hydrogen) atoms. The normalized spacial score (nSPS) is 28.8. The lowest BCUT2D eigenvalue weighted by atomic mass is 9.98. The fraction of sp³-hybridized carbons (Fsp3) is 0.615. The van der Waals surface area contributed by atoms with Crippen molar-refractivity contribution in [3.8, 4) is 0 Å². The number of H-pyrrole nitrogens is 1. The number of carbonyl (C=O) groups excluding carboxylic acids is 1. The lowest BCUT2D eigenvalue weighted by Crippen LogP contribution is -2.48. The molecule has 4 nitrogen and oxygen atoms in total. The summed E-state index contributed by atoms with van der Waals surface area (Å²) in [5.41, 5.74) is 0.702. The molecular weight excluding hydrogens is 377 g/mol. The molecule has 0 aliphatic carbocycles. The number of nitrogens with zero attached hydrogens (tertiary/aromatic N) is 1. The van der Waals surface area contributed by atoms with Gasteiger partial charge in [0.05, 0.1) is 0 Å². The third kappa shape index (κ3) is 3.08. The number of aromatic nitrogens is 1. The second kappa shape index (κ2) is 6.01. The van der Waals surface area contributed by atoms with Crippen molar-refractivity contribution >= 4 is 40.9 Å². The summed E-state index contributed by atoms with van der Waals surface area (Å²) in [4.78, 5) is 17.3. The SMILES string of the molecule is CN(C(=O)c1cc(I)c[nH]1)C1CC2CCC(C1)N2.Cl.